The topological polar surface area (TPSA) is 23.8 Å². The van der Waals surface area contributed by atoms with Crippen molar-refractivity contribution in [2.75, 3.05) is 0 Å². The summed E-state index contributed by atoms with van der Waals surface area (Å²) in [5, 5.41) is 13.7. The summed E-state index contributed by atoms with van der Waals surface area (Å²) in [6.07, 6.45) is -9.73. The lowest BCUT2D eigenvalue weighted by Gasteiger charge is -2.28. The van der Waals surface area contributed by atoms with Crippen LogP contribution in [0.2, 0.25) is 0 Å². The number of hydrogen-bond acceptors (Lipinski definition) is 1. The minimum absolute atomic E-state index is 0.338. The highest BCUT2D eigenvalue weighted by atomic mass is 31.2. The largest absolute Gasteiger partial charge is 0.509 e. The number of benzene rings is 5. The zero-order chi connectivity index (χ0) is 33.6. The quantitative estimate of drug-likeness (QED) is 0.102. The molecule has 5 aromatic rings. The van der Waals surface area contributed by atoms with Crippen LogP contribution in [0.15, 0.2) is 133 Å². The third-order valence-corrected chi connectivity index (χ3v) is 11.5. The van der Waals surface area contributed by atoms with Crippen LogP contribution in [0.3, 0.4) is 0 Å². The molecule has 12 heteroatoms. The second kappa shape index (κ2) is 13.8. The zero-order valence-electron chi connectivity index (χ0n) is 23.8. The molecule has 0 amide bonds. The van der Waals surface area contributed by atoms with Crippen molar-refractivity contribution in [3.05, 3.63) is 156 Å². The third kappa shape index (κ3) is 7.99. The standard InChI is InChI=1S/C26H21NP.C8H3BF9/c27-20-22-12-10-11-13-23(22)21-28(24-14-4-1-5-15-24,25-16-6-2-7-17-25)26-18-8-3-9-19-26;10-7(11,12)4-1-5(8(13,14)15)3-6(2-4)9(16,17)18/h1-19H,21H2;1-3H/q+1;-1. The third-order valence-electron chi connectivity index (χ3n) is 7.12. The number of nitrogens with zero attached hydrogens (tertiary/aromatic N) is 1. The van der Waals surface area contributed by atoms with Gasteiger partial charge < -0.3 is 12.9 Å². The molecule has 0 atom stereocenters. The molecule has 0 saturated carbocycles. The van der Waals surface area contributed by atoms with E-state index in [1.165, 1.54) is 15.9 Å². The van der Waals surface area contributed by atoms with Crippen molar-refractivity contribution in [3.8, 4) is 6.07 Å². The summed E-state index contributed by atoms with van der Waals surface area (Å²) in [4.78, 5) is 0. The van der Waals surface area contributed by atoms with Gasteiger partial charge in [0.25, 0.3) is 0 Å². The van der Waals surface area contributed by atoms with Crippen LogP contribution in [0.5, 0.6) is 0 Å². The smallest absolute Gasteiger partial charge is 0.445 e. The second-order valence-electron chi connectivity index (χ2n) is 10.2. The number of halogens is 9. The van der Waals surface area contributed by atoms with Gasteiger partial charge in [0.15, 0.2) is 0 Å². The Bertz CT molecular complexity index is 1610. The molecule has 5 aromatic carbocycles. The van der Waals surface area contributed by atoms with E-state index in [-0.39, 0.29) is 18.2 Å². The van der Waals surface area contributed by atoms with E-state index in [4.69, 9.17) is 0 Å². The lowest BCUT2D eigenvalue weighted by atomic mass is 9.78. The molecule has 0 aliphatic rings. The second-order valence-corrected chi connectivity index (χ2v) is 13.6. The Balaban J connectivity index is 0.000000232. The Morgan fingerprint density at radius 3 is 1.26 bits per heavy atom. The van der Waals surface area contributed by atoms with Crippen LogP contribution < -0.4 is 21.4 Å². The molecule has 236 valence electrons. The minimum atomic E-state index is -5.95. The predicted molar refractivity (Wildman–Crippen MR) is 165 cm³/mol. The fourth-order valence-electron chi connectivity index (χ4n) is 4.96. The predicted octanol–water partition coefficient (Wildman–Crippen LogP) is 8.83. The molecule has 0 aliphatic carbocycles. The van der Waals surface area contributed by atoms with E-state index in [0.29, 0.717) is 0 Å². The molecular formula is C34H24BF9NP. The van der Waals surface area contributed by atoms with E-state index in [1.54, 1.807) is 0 Å². The summed E-state index contributed by atoms with van der Waals surface area (Å²) in [5.41, 5.74) is -4.03. The average Bonchev–Trinajstić information content (AvgIpc) is 3.04. The Labute approximate surface area is 260 Å². The minimum Gasteiger partial charge on any atom is -0.445 e. The lowest BCUT2D eigenvalue weighted by molar-refractivity contribution is -0.142. The van der Waals surface area contributed by atoms with E-state index in [1.807, 2.05) is 18.2 Å². The first kappa shape index (κ1) is 34.3. The summed E-state index contributed by atoms with van der Waals surface area (Å²) in [5.74, 6) is 0. The molecule has 0 unspecified atom stereocenters. The highest BCUT2D eigenvalue weighted by molar-refractivity contribution is 7.95. The maximum absolute atomic E-state index is 12.3. The van der Waals surface area contributed by atoms with Crippen LogP contribution in [0, 0.1) is 11.3 Å². The fraction of sp³-hybridized carbons (Fsp3) is 0.0882. The van der Waals surface area contributed by atoms with Crippen molar-refractivity contribution in [2.45, 2.75) is 18.5 Å². The Morgan fingerprint density at radius 2 is 0.913 bits per heavy atom. The number of nitriles is 1. The number of alkyl halides is 6. The summed E-state index contributed by atoms with van der Waals surface area (Å²) >= 11 is 0. The van der Waals surface area contributed by atoms with Gasteiger partial charge in [-0.3, -0.25) is 0 Å². The lowest BCUT2D eigenvalue weighted by Crippen LogP contribution is -2.36. The van der Waals surface area contributed by atoms with Gasteiger partial charge in [-0.2, -0.15) is 31.6 Å². The van der Waals surface area contributed by atoms with Crippen molar-refractivity contribution in [1.29, 1.82) is 5.26 Å². The Hall–Kier alpha value is -4.55. The molecule has 46 heavy (non-hydrogen) atoms. The molecule has 5 rings (SSSR count). The SMILES string of the molecule is F[B-](F)(F)c1cc(C(F)(F)F)cc(C(F)(F)F)c1.N#Cc1ccccc1C[P+](c1ccccc1)(c1ccccc1)c1ccccc1. The van der Waals surface area contributed by atoms with Crippen molar-refractivity contribution < 1.29 is 39.3 Å². The van der Waals surface area contributed by atoms with E-state index in [9.17, 15) is 44.6 Å². The van der Waals surface area contributed by atoms with E-state index in [2.05, 4.69) is 103 Å². The average molecular weight is 659 g/mol. The van der Waals surface area contributed by atoms with Crippen LogP contribution in [-0.4, -0.2) is 6.98 Å². The van der Waals surface area contributed by atoms with Gasteiger partial charge in [-0.25, -0.2) is 0 Å². The van der Waals surface area contributed by atoms with Gasteiger partial charge in [0.1, 0.15) is 23.2 Å². The van der Waals surface area contributed by atoms with Crippen molar-refractivity contribution in [1.82, 2.24) is 0 Å². The molecule has 0 fully saturated rings. The number of rotatable bonds is 6. The van der Waals surface area contributed by atoms with Gasteiger partial charge in [-0.1, -0.05) is 84.9 Å². The van der Waals surface area contributed by atoms with Crippen LogP contribution in [0.4, 0.5) is 39.3 Å². The molecule has 0 heterocycles. The monoisotopic (exact) mass is 659 g/mol. The highest BCUT2D eigenvalue weighted by Crippen LogP contribution is 2.58. The van der Waals surface area contributed by atoms with E-state index < -0.39 is 43.2 Å². The Kier molecular flexibility index (Phi) is 10.3. The maximum Gasteiger partial charge on any atom is 0.509 e. The highest BCUT2D eigenvalue weighted by Gasteiger charge is 2.46. The molecule has 0 aliphatic heterocycles. The van der Waals surface area contributed by atoms with E-state index in [0.717, 1.165) is 17.3 Å². The summed E-state index contributed by atoms with van der Waals surface area (Å²) in [7, 11) is -1.97. The molecular weight excluding hydrogens is 635 g/mol. The molecule has 1 nitrogen and oxygen atoms in total. The molecule has 0 radical (unpaired) electrons. The normalized spacial score (nSPS) is 12.1. The molecule has 0 bridgehead atoms. The van der Waals surface area contributed by atoms with Crippen LogP contribution in [0.25, 0.3) is 0 Å². The first-order chi connectivity index (χ1) is 21.7. The summed E-state index contributed by atoms with van der Waals surface area (Å²) in [6, 6.07) is 41.7. The van der Waals surface area contributed by atoms with E-state index >= 15 is 0 Å². The molecule has 0 saturated heterocycles. The van der Waals surface area contributed by atoms with Gasteiger partial charge >= 0.3 is 19.3 Å². The fourth-order valence-corrected chi connectivity index (χ4v) is 9.23. The van der Waals surface area contributed by atoms with Gasteiger partial charge in [-0.15, -0.1) is 5.46 Å². The van der Waals surface area contributed by atoms with Crippen molar-refractivity contribution in [2.24, 2.45) is 0 Å². The first-order valence-electron chi connectivity index (χ1n) is 13.7. The molecule has 0 aromatic heterocycles. The van der Waals surface area contributed by atoms with Crippen LogP contribution in [0.1, 0.15) is 22.3 Å². The Morgan fingerprint density at radius 1 is 0.543 bits per heavy atom. The first-order valence-corrected chi connectivity index (χ1v) is 15.7. The van der Waals surface area contributed by atoms with Gasteiger partial charge in [0.2, 0.25) is 0 Å². The molecule has 0 N–H and O–H groups in total. The summed E-state index contributed by atoms with van der Waals surface area (Å²) < 4.78 is 110. The van der Waals surface area contributed by atoms with Crippen molar-refractivity contribution >= 4 is 35.6 Å². The van der Waals surface area contributed by atoms with Crippen LogP contribution in [-0.2, 0) is 18.5 Å². The number of hydrogen-bond donors (Lipinski definition) is 0. The van der Waals surface area contributed by atoms with Gasteiger partial charge in [0.05, 0.1) is 28.9 Å². The zero-order valence-corrected chi connectivity index (χ0v) is 24.7. The van der Waals surface area contributed by atoms with Crippen LogP contribution >= 0.6 is 7.26 Å². The van der Waals surface area contributed by atoms with Crippen molar-refractivity contribution in [3.63, 3.8) is 0 Å². The van der Waals surface area contributed by atoms with Gasteiger partial charge in [-0.05, 0) is 48.5 Å². The maximum atomic E-state index is 12.3. The van der Waals surface area contributed by atoms with Gasteiger partial charge in [0, 0.05) is 5.56 Å². The summed E-state index contributed by atoms with van der Waals surface area (Å²) in [6.45, 7) is -5.95. The molecule has 0 spiro atoms.